The Hall–Kier alpha value is -2.21. The van der Waals surface area contributed by atoms with Gasteiger partial charge in [0, 0.05) is 6.54 Å². The van der Waals surface area contributed by atoms with E-state index in [1.807, 2.05) is 18.2 Å². The molecule has 3 rings (SSSR count). The Kier molecular flexibility index (Phi) is 5.81. The molecular formula is C19H26N4O2. The molecule has 134 valence electrons. The van der Waals surface area contributed by atoms with E-state index in [0.717, 1.165) is 32.1 Å². The van der Waals surface area contributed by atoms with Crippen LogP contribution in [0.5, 0.6) is 0 Å². The summed E-state index contributed by atoms with van der Waals surface area (Å²) in [5.41, 5.74) is 6.48. The molecule has 1 aliphatic rings. The molecule has 25 heavy (non-hydrogen) atoms. The summed E-state index contributed by atoms with van der Waals surface area (Å²) < 4.78 is 1.75. The van der Waals surface area contributed by atoms with Gasteiger partial charge in [-0.2, -0.15) is 5.10 Å². The van der Waals surface area contributed by atoms with Crippen LogP contribution in [0.1, 0.15) is 55.4 Å². The van der Waals surface area contributed by atoms with E-state index in [9.17, 15) is 9.90 Å². The Morgan fingerprint density at radius 3 is 2.64 bits per heavy atom. The van der Waals surface area contributed by atoms with Crippen molar-refractivity contribution in [2.75, 3.05) is 0 Å². The molecule has 1 aliphatic carbocycles. The van der Waals surface area contributed by atoms with Gasteiger partial charge in [-0.3, -0.25) is 4.79 Å². The lowest BCUT2D eigenvalue weighted by Gasteiger charge is -2.26. The quantitative estimate of drug-likeness (QED) is 0.806. The summed E-state index contributed by atoms with van der Waals surface area (Å²) in [4.78, 5) is 15.6. The number of hydrogen-bond donors (Lipinski definition) is 2. The molecule has 1 heterocycles. The lowest BCUT2D eigenvalue weighted by molar-refractivity contribution is -0.117. The van der Waals surface area contributed by atoms with Crippen LogP contribution in [0.3, 0.4) is 0 Å². The van der Waals surface area contributed by atoms with Crippen LogP contribution in [-0.2, 0) is 24.2 Å². The van der Waals surface area contributed by atoms with Gasteiger partial charge in [0.15, 0.2) is 11.6 Å². The number of nitrogens with two attached hydrogens (primary N) is 1. The summed E-state index contributed by atoms with van der Waals surface area (Å²) in [6.07, 6.45) is 5.72. The Balaban J connectivity index is 1.78. The van der Waals surface area contributed by atoms with E-state index in [0.29, 0.717) is 18.2 Å². The van der Waals surface area contributed by atoms with Crippen molar-refractivity contribution in [3.05, 3.63) is 47.5 Å². The zero-order valence-corrected chi connectivity index (χ0v) is 14.5. The standard InChI is InChI=1S/C19H26N4O2/c20-16(24)13-17-21-19(18(25)15-9-5-2-6-10-15)23(22-17)12-11-14-7-3-1-4-8-14/h1,3-4,7-8,15,18,25H,2,5-6,9-13H2,(H2,20,24)/t18-/m1/s1. The van der Waals surface area contributed by atoms with E-state index in [4.69, 9.17) is 5.73 Å². The predicted octanol–water partition coefficient (Wildman–Crippen LogP) is 2.16. The van der Waals surface area contributed by atoms with Gasteiger partial charge in [0.2, 0.25) is 5.91 Å². The first-order valence-corrected chi connectivity index (χ1v) is 9.07. The van der Waals surface area contributed by atoms with Crippen LogP contribution in [0.25, 0.3) is 0 Å². The molecule has 0 radical (unpaired) electrons. The number of rotatable bonds is 7. The van der Waals surface area contributed by atoms with E-state index in [2.05, 4.69) is 22.2 Å². The van der Waals surface area contributed by atoms with Gasteiger partial charge in [-0.05, 0) is 30.7 Å². The summed E-state index contributed by atoms with van der Waals surface area (Å²) in [6, 6.07) is 10.1. The molecule has 1 amide bonds. The van der Waals surface area contributed by atoms with Crippen molar-refractivity contribution in [1.82, 2.24) is 14.8 Å². The van der Waals surface area contributed by atoms with Crippen molar-refractivity contribution in [3.8, 4) is 0 Å². The van der Waals surface area contributed by atoms with Gasteiger partial charge in [-0.1, -0.05) is 49.6 Å². The van der Waals surface area contributed by atoms with Gasteiger partial charge < -0.3 is 10.8 Å². The predicted molar refractivity (Wildman–Crippen MR) is 94.6 cm³/mol. The Morgan fingerprint density at radius 1 is 1.24 bits per heavy atom. The number of hydrogen-bond acceptors (Lipinski definition) is 4. The smallest absolute Gasteiger partial charge is 0.225 e. The summed E-state index contributed by atoms with van der Waals surface area (Å²) in [6.45, 7) is 0.620. The number of amides is 1. The maximum atomic E-state index is 11.2. The lowest BCUT2D eigenvalue weighted by atomic mass is 9.85. The molecule has 3 N–H and O–H groups in total. The highest BCUT2D eigenvalue weighted by molar-refractivity contribution is 5.75. The molecule has 0 unspecified atom stereocenters. The second kappa shape index (κ2) is 8.25. The third kappa shape index (κ3) is 4.66. The van der Waals surface area contributed by atoms with Crippen molar-refractivity contribution < 1.29 is 9.90 Å². The van der Waals surface area contributed by atoms with Crippen LogP contribution < -0.4 is 5.73 Å². The number of aromatic nitrogens is 3. The van der Waals surface area contributed by atoms with Crippen LogP contribution >= 0.6 is 0 Å². The minimum Gasteiger partial charge on any atom is -0.385 e. The average molecular weight is 342 g/mol. The second-order valence-corrected chi connectivity index (χ2v) is 6.83. The minimum atomic E-state index is -0.634. The fourth-order valence-electron chi connectivity index (χ4n) is 3.56. The van der Waals surface area contributed by atoms with Gasteiger partial charge in [-0.15, -0.1) is 0 Å². The third-order valence-corrected chi connectivity index (χ3v) is 4.89. The molecule has 1 aromatic carbocycles. The monoisotopic (exact) mass is 342 g/mol. The van der Waals surface area contributed by atoms with Crippen molar-refractivity contribution in [3.63, 3.8) is 0 Å². The summed E-state index contributed by atoms with van der Waals surface area (Å²) in [7, 11) is 0. The highest BCUT2D eigenvalue weighted by atomic mass is 16.3. The van der Waals surface area contributed by atoms with Crippen molar-refractivity contribution in [1.29, 1.82) is 0 Å². The number of aliphatic hydroxyl groups excluding tert-OH is 1. The number of primary amides is 1. The van der Waals surface area contributed by atoms with Crippen LogP contribution in [0.15, 0.2) is 30.3 Å². The fraction of sp³-hybridized carbons (Fsp3) is 0.526. The molecule has 1 fully saturated rings. The van der Waals surface area contributed by atoms with Crippen LogP contribution in [0.2, 0.25) is 0 Å². The van der Waals surface area contributed by atoms with E-state index in [1.54, 1.807) is 4.68 Å². The number of benzene rings is 1. The minimum absolute atomic E-state index is 0.00270. The molecular weight excluding hydrogens is 316 g/mol. The SMILES string of the molecule is NC(=O)Cc1nc([C@H](O)C2CCCCC2)n(CCc2ccccc2)n1. The van der Waals surface area contributed by atoms with Gasteiger partial charge in [0.05, 0.1) is 6.42 Å². The van der Waals surface area contributed by atoms with Crippen molar-refractivity contribution in [2.45, 2.75) is 57.6 Å². The highest BCUT2D eigenvalue weighted by Gasteiger charge is 2.28. The fourth-order valence-corrected chi connectivity index (χ4v) is 3.56. The molecule has 0 bridgehead atoms. The molecule has 0 saturated heterocycles. The number of nitrogens with zero attached hydrogens (tertiary/aromatic N) is 3. The van der Waals surface area contributed by atoms with Crippen molar-refractivity contribution >= 4 is 5.91 Å². The molecule has 0 aliphatic heterocycles. The van der Waals surface area contributed by atoms with E-state index < -0.39 is 12.0 Å². The van der Waals surface area contributed by atoms with Crippen molar-refractivity contribution in [2.24, 2.45) is 11.7 Å². The lowest BCUT2D eigenvalue weighted by Crippen LogP contribution is -2.20. The van der Waals surface area contributed by atoms with Crippen LogP contribution in [0.4, 0.5) is 0 Å². The zero-order chi connectivity index (χ0) is 17.6. The summed E-state index contributed by atoms with van der Waals surface area (Å²) in [5.74, 6) is 0.721. The van der Waals surface area contributed by atoms with Gasteiger partial charge in [0.1, 0.15) is 6.10 Å². The second-order valence-electron chi connectivity index (χ2n) is 6.83. The third-order valence-electron chi connectivity index (χ3n) is 4.89. The molecule has 6 heteroatoms. The average Bonchev–Trinajstić information content (AvgIpc) is 3.03. The number of aliphatic hydroxyl groups is 1. The highest BCUT2D eigenvalue weighted by Crippen LogP contribution is 2.33. The molecule has 2 aromatic rings. The van der Waals surface area contributed by atoms with Crippen LogP contribution in [0, 0.1) is 5.92 Å². The van der Waals surface area contributed by atoms with E-state index in [-0.39, 0.29) is 12.3 Å². The number of aryl methyl sites for hydroxylation is 2. The zero-order valence-electron chi connectivity index (χ0n) is 14.5. The Bertz CT molecular complexity index is 693. The Labute approximate surface area is 148 Å². The topological polar surface area (TPSA) is 94.0 Å². The van der Waals surface area contributed by atoms with Gasteiger partial charge >= 0.3 is 0 Å². The molecule has 1 atom stereocenters. The maximum absolute atomic E-state index is 11.2. The molecule has 1 aromatic heterocycles. The van der Waals surface area contributed by atoms with Gasteiger partial charge in [0.25, 0.3) is 0 Å². The van der Waals surface area contributed by atoms with Crippen LogP contribution in [-0.4, -0.2) is 25.8 Å². The molecule has 1 saturated carbocycles. The van der Waals surface area contributed by atoms with E-state index in [1.165, 1.54) is 12.0 Å². The normalized spacial score (nSPS) is 16.7. The first-order valence-electron chi connectivity index (χ1n) is 9.07. The van der Waals surface area contributed by atoms with Gasteiger partial charge in [-0.25, -0.2) is 9.67 Å². The summed E-state index contributed by atoms with van der Waals surface area (Å²) >= 11 is 0. The van der Waals surface area contributed by atoms with E-state index >= 15 is 0 Å². The number of carbonyl (C=O) groups excluding carboxylic acids is 1. The number of carbonyl (C=O) groups is 1. The summed E-state index contributed by atoms with van der Waals surface area (Å²) in [5, 5.41) is 15.3. The largest absolute Gasteiger partial charge is 0.385 e. The first kappa shape index (κ1) is 17.6. The molecule has 6 nitrogen and oxygen atoms in total. The Morgan fingerprint density at radius 2 is 1.96 bits per heavy atom. The first-order chi connectivity index (χ1) is 12.1. The molecule has 0 spiro atoms. The maximum Gasteiger partial charge on any atom is 0.225 e.